The highest BCUT2D eigenvalue weighted by atomic mass is 16.5. The van der Waals surface area contributed by atoms with Crippen LogP contribution >= 0.6 is 0 Å². The van der Waals surface area contributed by atoms with Crippen molar-refractivity contribution in [3.05, 3.63) is 161 Å². The highest BCUT2D eigenvalue weighted by Crippen LogP contribution is 2.39. The van der Waals surface area contributed by atoms with E-state index in [9.17, 15) is 29.7 Å². The first-order chi connectivity index (χ1) is 37.8. The molecule has 3 aliphatic rings. The van der Waals surface area contributed by atoms with Crippen LogP contribution in [0.3, 0.4) is 0 Å². The summed E-state index contributed by atoms with van der Waals surface area (Å²) in [4.78, 5) is 49.5. The number of carbonyl (C=O) groups excluding carboxylic acids is 3. The maximum absolute atomic E-state index is 12.3. The SMILES string of the molecule is CC(O)c1noc(C2CC(NC(=O)c3cc(-c4ccccc4)on3)C2)n1.C[C@@H](O)c1noc(C2CC(NC(=O)c3cc(-c4ccccc4)on3)C2)n1.C[C@H](O)c1noc(C2CC(NC(=O)c3cc(-c4ccccc4)on3)C2)n1. The number of aromatic nitrogens is 9. The van der Waals surface area contributed by atoms with E-state index in [0.717, 1.165) is 16.7 Å². The molecule has 3 aromatic carbocycles. The van der Waals surface area contributed by atoms with Crippen LogP contribution in [0.5, 0.6) is 0 Å². The lowest BCUT2D eigenvalue weighted by atomic mass is 9.80. The van der Waals surface area contributed by atoms with Crippen molar-refractivity contribution in [1.82, 2.24) is 61.8 Å². The lowest BCUT2D eigenvalue weighted by Crippen LogP contribution is -2.43. The number of nitrogens with one attached hydrogen (secondary N) is 3. The Morgan fingerprint density at radius 2 is 0.667 bits per heavy atom. The number of rotatable bonds is 15. The lowest BCUT2D eigenvalue weighted by Gasteiger charge is -2.33. The van der Waals surface area contributed by atoms with Crippen LogP contribution in [0.15, 0.2) is 136 Å². The number of nitrogens with zero attached hydrogens (tertiary/aromatic N) is 9. The van der Waals surface area contributed by atoms with Crippen LogP contribution < -0.4 is 16.0 Å². The van der Waals surface area contributed by atoms with E-state index in [2.05, 4.69) is 61.8 Å². The maximum atomic E-state index is 12.3. The Morgan fingerprint density at radius 3 is 0.897 bits per heavy atom. The van der Waals surface area contributed by atoms with Crippen molar-refractivity contribution in [2.24, 2.45) is 0 Å². The van der Waals surface area contributed by atoms with Gasteiger partial charge in [-0.15, -0.1) is 0 Å². The van der Waals surface area contributed by atoms with Crippen molar-refractivity contribution < 1.29 is 56.8 Å². The third kappa shape index (κ3) is 12.5. The molecule has 3 amide bonds. The van der Waals surface area contributed by atoms with Gasteiger partial charge in [0.15, 0.2) is 51.8 Å². The number of amides is 3. The minimum Gasteiger partial charge on any atom is -0.385 e. The molecule has 3 atom stereocenters. The van der Waals surface area contributed by atoms with E-state index >= 15 is 0 Å². The molecular formula is C54H54N12O12. The van der Waals surface area contributed by atoms with E-state index in [1.54, 1.807) is 39.0 Å². The van der Waals surface area contributed by atoms with E-state index in [-0.39, 0.29) is 88.2 Å². The number of carbonyl (C=O) groups is 3. The molecule has 6 N–H and O–H groups in total. The third-order valence-corrected chi connectivity index (χ3v) is 13.4. The predicted octanol–water partition coefficient (Wildman–Crippen LogP) is 7.36. The Balaban J connectivity index is 0.000000132. The first-order valence-corrected chi connectivity index (χ1v) is 25.3. The minimum absolute atomic E-state index is 0.0197. The van der Waals surface area contributed by atoms with Gasteiger partial charge in [-0.25, -0.2) is 0 Å². The van der Waals surface area contributed by atoms with E-state index in [1.165, 1.54) is 0 Å². The Kier molecular flexibility index (Phi) is 15.8. The Morgan fingerprint density at radius 1 is 0.410 bits per heavy atom. The molecule has 0 radical (unpaired) electrons. The summed E-state index contributed by atoms with van der Waals surface area (Å²) in [5.41, 5.74) is 3.36. The summed E-state index contributed by atoms with van der Waals surface area (Å²) in [6.45, 7) is 4.75. The van der Waals surface area contributed by atoms with E-state index in [4.69, 9.17) is 27.1 Å². The molecule has 0 bridgehead atoms. The molecule has 402 valence electrons. The van der Waals surface area contributed by atoms with Gasteiger partial charge >= 0.3 is 0 Å². The van der Waals surface area contributed by atoms with Crippen LogP contribution in [-0.4, -0.2) is 97.1 Å². The molecule has 1 unspecified atom stereocenters. The molecule has 3 saturated carbocycles. The Hall–Kier alpha value is -9.00. The van der Waals surface area contributed by atoms with Crippen LogP contribution in [0.25, 0.3) is 34.0 Å². The molecule has 3 fully saturated rings. The van der Waals surface area contributed by atoms with Crippen LogP contribution in [0.2, 0.25) is 0 Å². The number of benzene rings is 3. The third-order valence-electron chi connectivity index (χ3n) is 13.4. The number of hydrogen-bond donors (Lipinski definition) is 6. The summed E-state index contributed by atoms with van der Waals surface area (Å²) in [5, 5.41) is 59.8. The molecule has 78 heavy (non-hydrogen) atoms. The zero-order chi connectivity index (χ0) is 54.3. The predicted molar refractivity (Wildman–Crippen MR) is 270 cm³/mol. The van der Waals surface area contributed by atoms with Gasteiger partial charge in [-0.1, -0.05) is 122 Å². The van der Waals surface area contributed by atoms with Crippen LogP contribution in [0.1, 0.15) is 162 Å². The molecule has 6 heterocycles. The molecule has 0 aliphatic heterocycles. The van der Waals surface area contributed by atoms with Gasteiger partial charge in [0, 0.05) is 70.8 Å². The molecule has 0 spiro atoms. The highest BCUT2D eigenvalue weighted by Gasteiger charge is 2.38. The fourth-order valence-corrected chi connectivity index (χ4v) is 8.70. The second-order valence-electron chi connectivity index (χ2n) is 19.3. The average molecular weight is 1060 g/mol. The van der Waals surface area contributed by atoms with E-state index in [0.29, 0.717) is 73.5 Å². The quantitative estimate of drug-likeness (QED) is 0.0583. The van der Waals surface area contributed by atoms with Crippen molar-refractivity contribution in [1.29, 1.82) is 0 Å². The first kappa shape index (κ1) is 52.4. The van der Waals surface area contributed by atoms with Gasteiger partial charge in [0.2, 0.25) is 17.7 Å². The lowest BCUT2D eigenvalue weighted by molar-refractivity contribution is 0.0884. The zero-order valence-electron chi connectivity index (χ0n) is 42.4. The summed E-state index contributed by atoms with van der Waals surface area (Å²) in [7, 11) is 0. The second kappa shape index (κ2) is 23.5. The Labute approximate surface area is 444 Å². The molecule has 0 saturated heterocycles. The van der Waals surface area contributed by atoms with Gasteiger partial charge in [0.25, 0.3) is 17.7 Å². The smallest absolute Gasteiger partial charge is 0.273 e. The molecule has 3 aliphatic carbocycles. The van der Waals surface area contributed by atoms with Crippen molar-refractivity contribution >= 4 is 17.7 Å². The number of aliphatic hydroxyl groups excluding tert-OH is 3. The molecular weight excluding hydrogens is 1010 g/mol. The molecule has 24 heteroatoms. The average Bonchev–Trinajstić information content (AvgIpc) is 4.35. The summed E-state index contributed by atoms with van der Waals surface area (Å²) in [5.74, 6) is 3.48. The topological polar surface area (TPSA) is 343 Å². The molecule has 9 aromatic rings. The van der Waals surface area contributed by atoms with Crippen molar-refractivity contribution in [3.63, 3.8) is 0 Å². The fraction of sp³-hybridized carbons (Fsp3) is 0.333. The molecule has 24 nitrogen and oxygen atoms in total. The van der Waals surface area contributed by atoms with Gasteiger partial charge < -0.3 is 58.4 Å². The minimum atomic E-state index is -0.756. The monoisotopic (exact) mass is 1060 g/mol. The summed E-state index contributed by atoms with van der Waals surface area (Å²) >= 11 is 0. The zero-order valence-corrected chi connectivity index (χ0v) is 42.4. The van der Waals surface area contributed by atoms with Crippen molar-refractivity contribution in [2.45, 2.75) is 113 Å². The Bertz CT molecular complexity index is 3050. The van der Waals surface area contributed by atoms with Crippen LogP contribution in [-0.2, 0) is 0 Å². The standard InChI is InChI=1S/3C18H18N4O4/c3*1-10(23)16-20-18(26-22-16)12-7-13(8-12)19-17(24)14-9-15(25-21-14)11-5-3-2-4-6-11/h3*2-6,9-10,12-13,23H,7-8H2,1H3,(H,19,24)/t2*10-,12?,13?;/m10./s1. The number of hydrogen-bond acceptors (Lipinski definition) is 21. The van der Waals surface area contributed by atoms with Gasteiger partial charge in [0.05, 0.1) is 0 Å². The largest absolute Gasteiger partial charge is 0.385 e. The summed E-state index contributed by atoms with van der Waals surface area (Å²) in [6.07, 6.45) is 1.96. The summed E-state index contributed by atoms with van der Waals surface area (Å²) < 4.78 is 31.2. The van der Waals surface area contributed by atoms with Crippen molar-refractivity contribution in [3.8, 4) is 34.0 Å². The maximum Gasteiger partial charge on any atom is 0.273 e. The van der Waals surface area contributed by atoms with Gasteiger partial charge in [0.1, 0.15) is 18.3 Å². The van der Waals surface area contributed by atoms with E-state index in [1.807, 2.05) is 91.0 Å². The molecule has 6 aromatic heterocycles. The summed E-state index contributed by atoms with van der Waals surface area (Å²) in [6, 6.07) is 33.4. The molecule has 12 rings (SSSR count). The van der Waals surface area contributed by atoms with Gasteiger partial charge in [-0.3, -0.25) is 14.4 Å². The first-order valence-electron chi connectivity index (χ1n) is 25.3. The van der Waals surface area contributed by atoms with E-state index < -0.39 is 18.3 Å². The fourth-order valence-electron chi connectivity index (χ4n) is 8.70. The van der Waals surface area contributed by atoms with Crippen molar-refractivity contribution in [2.75, 3.05) is 0 Å². The normalized spacial score (nSPS) is 20.4. The number of aliphatic hydroxyl groups is 3. The van der Waals surface area contributed by atoms with Gasteiger partial charge in [-0.05, 0) is 59.3 Å². The second-order valence-corrected chi connectivity index (χ2v) is 19.3. The van der Waals surface area contributed by atoms with Gasteiger partial charge in [-0.2, -0.15) is 15.0 Å². The van der Waals surface area contributed by atoms with Crippen LogP contribution in [0, 0.1) is 0 Å². The highest BCUT2D eigenvalue weighted by molar-refractivity contribution is 5.94. The van der Waals surface area contributed by atoms with Crippen LogP contribution in [0.4, 0.5) is 0 Å².